The van der Waals surface area contributed by atoms with Gasteiger partial charge in [-0.15, -0.1) is 0 Å². The SMILES string of the molecule is CC[C@@](O)(CC(=O)C[14C](=O)OC(C)(C)C)n1c(-c2ccc(F)cc2)c(-c2ccccc2)c(C(=O)Nc2ccccc2)c1C(C)C. The molecule has 0 radical (unpaired) electrons. The van der Waals surface area contributed by atoms with Crippen molar-refractivity contribution >= 4 is 23.3 Å². The second-order valence-corrected chi connectivity index (χ2v) is 12.5. The van der Waals surface area contributed by atoms with Crippen molar-refractivity contribution in [1.82, 2.24) is 4.57 Å². The number of nitrogens with zero attached hydrogens (tertiary/aromatic N) is 1. The summed E-state index contributed by atoms with van der Waals surface area (Å²) in [5.74, 6) is -2.35. The van der Waals surface area contributed by atoms with Gasteiger partial charge in [0, 0.05) is 16.9 Å². The van der Waals surface area contributed by atoms with Gasteiger partial charge in [-0.25, -0.2) is 4.39 Å². The molecule has 1 aromatic heterocycles. The quantitative estimate of drug-likeness (QED) is 0.131. The van der Waals surface area contributed by atoms with E-state index in [1.807, 2.05) is 62.4 Å². The fraction of sp³-hybridized carbons (Fsp3) is 0.324. The molecule has 0 aliphatic carbocycles. The Morgan fingerprint density at radius 3 is 2.04 bits per heavy atom. The van der Waals surface area contributed by atoms with Crippen molar-refractivity contribution in [3.8, 4) is 22.4 Å². The van der Waals surface area contributed by atoms with Gasteiger partial charge in [-0.2, -0.15) is 0 Å². The third-order valence-electron chi connectivity index (χ3n) is 7.42. The number of rotatable bonds is 11. The van der Waals surface area contributed by atoms with Crippen LogP contribution in [0, 0.1) is 5.82 Å². The summed E-state index contributed by atoms with van der Waals surface area (Å²) in [7, 11) is 0. The van der Waals surface area contributed by atoms with Gasteiger partial charge in [-0.1, -0.05) is 69.3 Å². The van der Waals surface area contributed by atoms with Gasteiger partial charge < -0.3 is 19.7 Å². The lowest BCUT2D eigenvalue weighted by Crippen LogP contribution is -2.38. The molecule has 1 atom stereocenters. The number of hydrogen-bond donors (Lipinski definition) is 2. The molecule has 7 nitrogen and oxygen atoms in total. The Bertz CT molecular complexity index is 1660. The largest absolute Gasteiger partial charge is 0.460 e. The summed E-state index contributed by atoms with van der Waals surface area (Å²) in [6.45, 7) is 10.7. The number of ketones is 1. The number of amides is 1. The average molecular weight is 615 g/mol. The molecule has 1 amide bonds. The smallest absolute Gasteiger partial charge is 0.313 e. The standard InChI is InChI=1S/C37H41FN2O5/c1-7-37(44,23-29(41)22-30(42)45-36(4,5)6)40-33(24(2)3)32(35(43)39-28-16-12-9-13-17-28)31(25-14-10-8-11-15-25)34(40)26-18-20-27(38)21-19-26/h8-21,24,44H,7,22-23H2,1-6H3,(H,39,43)/t37-/m1/s1/i30+2. The van der Waals surface area contributed by atoms with Gasteiger partial charge in [0.15, 0.2) is 0 Å². The number of hydrogen-bond acceptors (Lipinski definition) is 5. The summed E-state index contributed by atoms with van der Waals surface area (Å²) >= 11 is 0. The molecular weight excluding hydrogens is 573 g/mol. The molecular formula is C37H41FN2O5. The fourth-order valence-corrected chi connectivity index (χ4v) is 5.56. The lowest BCUT2D eigenvalue weighted by Gasteiger charge is -2.34. The van der Waals surface area contributed by atoms with E-state index >= 15 is 0 Å². The number of esters is 1. The number of carbonyl (C=O) groups excluding carboxylic acids is 3. The van der Waals surface area contributed by atoms with Crippen LogP contribution >= 0.6 is 0 Å². The van der Waals surface area contributed by atoms with Crippen LogP contribution < -0.4 is 5.32 Å². The van der Waals surface area contributed by atoms with Crippen molar-refractivity contribution in [2.24, 2.45) is 0 Å². The summed E-state index contributed by atoms with van der Waals surface area (Å²) in [5, 5.41) is 15.5. The summed E-state index contributed by atoms with van der Waals surface area (Å²) in [4.78, 5) is 40.3. The highest BCUT2D eigenvalue weighted by Gasteiger charge is 2.40. The van der Waals surface area contributed by atoms with Gasteiger partial charge in [0.25, 0.3) is 5.91 Å². The number of Topliss-reactive ketones (excluding diaryl/α,β-unsaturated/α-hetero) is 1. The van der Waals surface area contributed by atoms with Crippen molar-refractivity contribution in [2.45, 2.75) is 78.0 Å². The maximum Gasteiger partial charge on any atom is 0.313 e. The maximum atomic E-state index is 14.3. The lowest BCUT2D eigenvalue weighted by atomic mass is 9.94. The van der Waals surface area contributed by atoms with Crippen LogP contribution in [0.1, 0.15) is 82.8 Å². The van der Waals surface area contributed by atoms with Crippen molar-refractivity contribution in [3.63, 3.8) is 0 Å². The molecule has 0 aliphatic heterocycles. The number of nitrogens with one attached hydrogen (secondary N) is 1. The van der Waals surface area contributed by atoms with Gasteiger partial charge in [0.1, 0.15) is 29.3 Å². The van der Waals surface area contributed by atoms with Crippen LogP contribution in [0.2, 0.25) is 0 Å². The number of anilines is 1. The number of halogens is 1. The molecule has 0 bridgehead atoms. The molecule has 0 saturated carbocycles. The topological polar surface area (TPSA) is 97.6 Å². The monoisotopic (exact) mass is 614 g/mol. The summed E-state index contributed by atoms with van der Waals surface area (Å²) < 4.78 is 21.2. The number of ether oxygens (including phenoxy) is 1. The zero-order valence-corrected chi connectivity index (χ0v) is 26.7. The Kier molecular flexibility index (Phi) is 10.1. The molecule has 3 aromatic carbocycles. The molecule has 8 heteroatoms. The Morgan fingerprint density at radius 1 is 0.933 bits per heavy atom. The molecule has 0 aliphatic rings. The first-order valence-corrected chi connectivity index (χ1v) is 15.2. The molecule has 236 valence electrons. The molecule has 2 N–H and O–H groups in total. The molecule has 45 heavy (non-hydrogen) atoms. The van der Waals surface area contributed by atoms with E-state index in [2.05, 4.69) is 5.32 Å². The molecule has 1 heterocycles. The molecule has 4 rings (SSSR count). The number of aliphatic hydroxyl groups is 1. The predicted molar refractivity (Wildman–Crippen MR) is 174 cm³/mol. The number of aromatic nitrogens is 1. The minimum absolute atomic E-state index is 0.0730. The van der Waals surface area contributed by atoms with E-state index in [1.54, 1.807) is 56.5 Å². The number of para-hydroxylation sites is 1. The van der Waals surface area contributed by atoms with E-state index in [0.29, 0.717) is 39.3 Å². The highest BCUT2D eigenvalue weighted by Crippen LogP contribution is 2.46. The van der Waals surface area contributed by atoms with Crippen molar-refractivity contribution in [1.29, 1.82) is 0 Å². The van der Waals surface area contributed by atoms with Gasteiger partial charge in [-0.3, -0.25) is 14.4 Å². The highest BCUT2D eigenvalue weighted by molar-refractivity contribution is 6.12. The molecule has 0 saturated heterocycles. The van der Waals surface area contributed by atoms with Gasteiger partial charge >= 0.3 is 5.97 Å². The Labute approximate surface area is 264 Å². The first kappa shape index (κ1) is 33.3. The van der Waals surface area contributed by atoms with E-state index < -0.39 is 47.6 Å². The first-order chi connectivity index (χ1) is 21.2. The highest BCUT2D eigenvalue weighted by atomic mass is 19.1. The third-order valence-corrected chi connectivity index (χ3v) is 7.42. The summed E-state index contributed by atoms with van der Waals surface area (Å²) in [6.07, 6.45) is -0.862. The number of carbonyl (C=O) groups is 3. The Hall–Kier alpha value is -4.56. The average Bonchev–Trinajstić information content (AvgIpc) is 3.35. The summed E-state index contributed by atoms with van der Waals surface area (Å²) in [6, 6.07) is 24.2. The zero-order chi connectivity index (χ0) is 32.9. The van der Waals surface area contributed by atoms with Gasteiger partial charge in [0.2, 0.25) is 0 Å². The molecule has 0 spiro atoms. The second kappa shape index (κ2) is 13.6. The van der Waals surface area contributed by atoms with E-state index in [0.717, 1.165) is 0 Å². The normalized spacial score (nSPS) is 12.9. The minimum Gasteiger partial charge on any atom is -0.460 e. The fourth-order valence-electron chi connectivity index (χ4n) is 5.56. The van der Waals surface area contributed by atoms with Gasteiger partial charge in [-0.05, 0) is 80.6 Å². The van der Waals surface area contributed by atoms with Crippen LogP contribution in [-0.2, 0) is 20.1 Å². The van der Waals surface area contributed by atoms with E-state index in [9.17, 15) is 23.9 Å². The van der Waals surface area contributed by atoms with Crippen LogP contribution in [0.4, 0.5) is 10.1 Å². The van der Waals surface area contributed by atoms with Crippen LogP contribution in [0.15, 0.2) is 84.9 Å². The molecule has 0 fully saturated rings. The van der Waals surface area contributed by atoms with E-state index in [1.165, 1.54) is 12.1 Å². The van der Waals surface area contributed by atoms with Crippen LogP contribution in [0.3, 0.4) is 0 Å². The molecule has 4 aromatic rings. The van der Waals surface area contributed by atoms with Gasteiger partial charge in [0.05, 0.1) is 17.7 Å². The van der Waals surface area contributed by atoms with Crippen molar-refractivity contribution in [3.05, 3.63) is 102 Å². The minimum atomic E-state index is -1.85. The van der Waals surface area contributed by atoms with Crippen LogP contribution in [-0.4, -0.2) is 32.9 Å². The number of benzene rings is 3. The molecule has 0 unspecified atom stereocenters. The zero-order valence-electron chi connectivity index (χ0n) is 26.7. The van der Waals surface area contributed by atoms with E-state index in [-0.39, 0.29) is 12.3 Å². The second-order valence-electron chi connectivity index (χ2n) is 12.5. The summed E-state index contributed by atoms with van der Waals surface area (Å²) in [5.41, 5.74) is 1.02. The van der Waals surface area contributed by atoms with Crippen molar-refractivity contribution < 1.29 is 28.6 Å². The predicted octanol–water partition coefficient (Wildman–Crippen LogP) is 8.08. The Balaban J connectivity index is 2.02. The Morgan fingerprint density at radius 2 is 1.51 bits per heavy atom. The van der Waals surface area contributed by atoms with Crippen LogP contribution in [0.25, 0.3) is 22.4 Å². The van der Waals surface area contributed by atoms with E-state index in [4.69, 9.17) is 4.74 Å². The third kappa shape index (κ3) is 7.75. The van der Waals surface area contributed by atoms with Crippen LogP contribution in [0.5, 0.6) is 0 Å². The van der Waals surface area contributed by atoms with Crippen molar-refractivity contribution in [2.75, 3.05) is 5.32 Å². The first-order valence-electron chi connectivity index (χ1n) is 15.2. The lowest BCUT2D eigenvalue weighted by molar-refractivity contribution is -0.157. The maximum absolute atomic E-state index is 14.3.